The van der Waals surface area contributed by atoms with Gasteiger partial charge in [-0.25, -0.2) is 4.98 Å². The Hall–Kier alpha value is -1.73. The number of aryl methyl sites for hydroxylation is 1. The summed E-state index contributed by atoms with van der Waals surface area (Å²) in [5, 5.41) is 24.9. The predicted octanol–water partition coefficient (Wildman–Crippen LogP) is 3.08. The molecule has 0 bridgehead atoms. The number of thiazole rings is 1. The Bertz CT molecular complexity index is 664. The molecule has 108 valence electrons. The minimum atomic E-state index is -0.677. The molecule has 1 unspecified atom stereocenters. The normalized spacial score (nSPS) is 13.4. The highest BCUT2D eigenvalue weighted by molar-refractivity contribution is 7.18. The average molecular weight is 295 g/mol. The molecule has 0 aliphatic carbocycles. The fourth-order valence-corrected chi connectivity index (χ4v) is 2.62. The minimum Gasteiger partial charge on any atom is -0.391 e. The molecule has 0 fully saturated rings. The summed E-state index contributed by atoms with van der Waals surface area (Å²) in [4.78, 5) is 15.1. The van der Waals surface area contributed by atoms with Gasteiger partial charge in [0.2, 0.25) is 0 Å². The van der Waals surface area contributed by atoms with Gasteiger partial charge in [-0.1, -0.05) is 0 Å². The summed E-state index contributed by atoms with van der Waals surface area (Å²) in [6.07, 6.45) is -0.657. The van der Waals surface area contributed by atoms with Crippen LogP contribution in [0.25, 0.3) is 10.2 Å². The molecule has 0 radical (unpaired) electrons. The third-order valence-electron chi connectivity index (χ3n) is 3.31. The lowest BCUT2D eigenvalue weighted by atomic mass is 9.98. The number of hydrogen-bond acceptors (Lipinski definition) is 6. The molecular weight excluding hydrogens is 278 g/mol. The second-order valence-electron chi connectivity index (χ2n) is 5.35. The molecule has 1 aromatic heterocycles. The Balaban J connectivity index is 2.55. The number of nitro groups is 1. The van der Waals surface area contributed by atoms with E-state index >= 15 is 0 Å². The molecule has 2 aromatic rings. The van der Waals surface area contributed by atoms with E-state index in [1.807, 2.05) is 6.92 Å². The molecule has 1 aromatic carbocycles. The number of fused-ring (bicyclic) bond motifs is 1. The summed E-state index contributed by atoms with van der Waals surface area (Å²) in [5.41, 5.74) is 0.416. The Morgan fingerprint density at radius 1 is 1.50 bits per heavy atom. The van der Waals surface area contributed by atoms with Crippen LogP contribution in [-0.2, 0) is 0 Å². The number of hydrogen-bond donors (Lipinski definition) is 2. The Morgan fingerprint density at radius 2 is 2.15 bits per heavy atom. The van der Waals surface area contributed by atoms with Gasteiger partial charge in [0.05, 0.1) is 31.8 Å². The molecule has 1 heterocycles. The van der Waals surface area contributed by atoms with Crippen molar-refractivity contribution in [3.05, 3.63) is 27.3 Å². The van der Waals surface area contributed by atoms with Crippen LogP contribution >= 0.6 is 11.3 Å². The van der Waals surface area contributed by atoms with Crippen LogP contribution in [0.1, 0.15) is 25.8 Å². The van der Waals surface area contributed by atoms with Gasteiger partial charge in [0.25, 0.3) is 5.69 Å². The van der Waals surface area contributed by atoms with Crippen LogP contribution in [0.3, 0.4) is 0 Å². The lowest BCUT2D eigenvalue weighted by Crippen LogP contribution is -2.42. The maximum absolute atomic E-state index is 11.2. The average Bonchev–Trinajstić information content (AvgIpc) is 2.66. The van der Waals surface area contributed by atoms with Crippen molar-refractivity contribution >= 4 is 32.9 Å². The number of aliphatic hydroxyl groups is 1. The fourth-order valence-electron chi connectivity index (χ4n) is 1.78. The first-order chi connectivity index (χ1) is 9.20. The van der Waals surface area contributed by atoms with Gasteiger partial charge in [0.1, 0.15) is 5.69 Å². The number of nitro benzene ring substituents is 1. The largest absolute Gasteiger partial charge is 0.391 e. The van der Waals surface area contributed by atoms with Crippen molar-refractivity contribution in [2.24, 2.45) is 0 Å². The molecule has 0 aliphatic rings. The van der Waals surface area contributed by atoms with Crippen molar-refractivity contribution < 1.29 is 10.0 Å². The molecule has 0 spiro atoms. The van der Waals surface area contributed by atoms with Gasteiger partial charge in [-0.15, -0.1) is 11.3 Å². The number of anilines is 1. The number of aliphatic hydroxyl groups excluding tert-OH is 1. The van der Waals surface area contributed by atoms with Crippen molar-refractivity contribution in [1.82, 2.24) is 4.98 Å². The third-order valence-corrected chi connectivity index (χ3v) is 4.24. The van der Waals surface area contributed by atoms with E-state index in [-0.39, 0.29) is 5.69 Å². The van der Waals surface area contributed by atoms with Gasteiger partial charge in [0, 0.05) is 6.07 Å². The highest BCUT2D eigenvalue weighted by Crippen LogP contribution is 2.34. The fraction of sp³-hybridized carbons (Fsp3) is 0.462. The predicted molar refractivity (Wildman–Crippen MR) is 80.4 cm³/mol. The number of rotatable bonds is 4. The second-order valence-corrected chi connectivity index (χ2v) is 6.58. The highest BCUT2D eigenvalue weighted by atomic mass is 32.1. The van der Waals surface area contributed by atoms with Crippen LogP contribution in [0.4, 0.5) is 11.4 Å². The van der Waals surface area contributed by atoms with E-state index in [9.17, 15) is 15.2 Å². The zero-order chi connectivity index (χ0) is 15.1. The maximum atomic E-state index is 11.2. The molecule has 2 N–H and O–H groups in total. The molecule has 7 heteroatoms. The van der Waals surface area contributed by atoms with Crippen molar-refractivity contribution in [3.8, 4) is 0 Å². The van der Waals surface area contributed by atoms with Crippen LogP contribution in [0.15, 0.2) is 12.1 Å². The van der Waals surface area contributed by atoms with Crippen LogP contribution in [0, 0.1) is 17.0 Å². The van der Waals surface area contributed by atoms with Gasteiger partial charge >= 0.3 is 0 Å². The van der Waals surface area contributed by atoms with Crippen molar-refractivity contribution in [2.75, 3.05) is 5.32 Å². The Labute approximate surface area is 120 Å². The van der Waals surface area contributed by atoms with Crippen molar-refractivity contribution in [1.29, 1.82) is 0 Å². The van der Waals surface area contributed by atoms with Crippen LogP contribution in [0.2, 0.25) is 0 Å². The first-order valence-corrected chi connectivity index (χ1v) is 7.04. The third kappa shape index (κ3) is 2.73. The van der Waals surface area contributed by atoms with E-state index in [1.54, 1.807) is 26.8 Å². The number of aromatic nitrogens is 1. The SMILES string of the molecule is Cc1nc2cc(NC(C)(C)C(C)O)c([N+](=O)[O-])cc2s1. The number of benzene rings is 1. The lowest BCUT2D eigenvalue weighted by Gasteiger charge is -2.30. The van der Waals surface area contributed by atoms with Gasteiger partial charge in [-0.2, -0.15) is 0 Å². The first kappa shape index (κ1) is 14.7. The zero-order valence-corrected chi connectivity index (χ0v) is 12.6. The van der Waals surface area contributed by atoms with Crippen molar-refractivity contribution in [2.45, 2.75) is 39.3 Å². The maximum Gasteiger partial charge on any atom is 0.293 e. The highest BCUT2D eigenvalue weighted by Gasteiger charge is 2.27. The molecule has 2 rings (SSSR count). The van der Waals surface area contributed by atoms with Crippen LogP contribution in [0.5, 0.6) is 0 Å². The Kier molecular flexibility index (Phi) is 3.66. The molecule has 0 amide bonds. The molecule has 0 saturated carbocycles. The number of nitrogens with one attached hydrogen (secondary N) is 1. The van der Waals surface area contributed by atoms with E-state index in [0.717, 1.165) is 15.2 Å². The van der Waals surface area contributed by atoms with E-state index in [1.165, 1.54) is 17.4 Å². The summed E-state index contributed by atoms with van der Waals surface area (Å²) in [6.45, 7) is 7.09. The molecular formula is C13H17N3O3S. The quantitative estimate of drug-likeness (QED) is 0.668. The van der Waals surface area contributed by atoms with Crippen molar-refractivity contribution in [3.63, 3.8) is 0 Å². The lowest BCUT2D eigenvalue weighted by molar-refractivity contribution is -0.383. The second kappa shape index (κ2) is 4.99. The molecule has 1 atom stereocenters. The summed E-state index contributed by atoms with van der Waals surface area (Å²) in [5.74, 6) is 0. The van der Waals surface area contributed by atoms with Crippen LogP contribution < -0.4 is 5.32 Å². The first-order valence-electron chi connectivity index (χ1n) is 6.22. The monoisotopic (exact) mass is 295 g/mol. The van der Waals surface area contributed by atoms with Gasteiger partial charge < -0.3 is 10.4 Å². The van der Waals surface area contributed by atoms with Gasteiger partial charge in [0.15, 0.2) is 0 Å². The molecule has 0 saturated heterocycles. The molecule has 20 heavy (non-hydrogen) atoms. The minimum absolute atomic E-state index is 0.00475. The number of nitrogens with zero attached hydrogens (tertiary/aromatic N) is 2. The smallest absolute Gasteiger partial charge is 0.293 e. The van der Waals surface area contributed by atoms with Crippen LogP contribution in [-0.4, -0.2) is 26.7 Å². The van der Waals surface area contributed by atoms with Gasteiger partial charge in [-0.3, -0.25) is 10.1 Å². The topological polar surface area (TPSA) is 88.3 Å². The summed E-state index contributed by atoms with van der Waals surface area (Å²) in [7, 11) is 0. The van der Waals surface area contributed by atoms with E-state index in [4.69, 9.17) is 0 Å². The summed E-state index contributed by atoms with van der Waals surface area (Å²) in [6, 6.07) is 3.20. The van der Waals surface area contributed by atoms with Gasteiger partial charge in [-0.05, 0) is 33.8 Å². The summed E-state index contributed by atoms with van der Waals surface area (Å²) >= 11 is 1.42. The molecule has 6 nitrogen and oxygen atoms in total. The Morgan fingerprint density at radius 3 is 2.70 bits per heavy atom. The standard InChI is InChI=1S/C13H17N3O3S/c1-7(17)13(3,4)15-9-5-10-12(20-8(2)14-10)6-11(9)16(18)19/h5-7,15,17H,1-4H3. The molecule has 0 aliphatic heterocycles. The van der Waals surface area contributed by atoms with E-state index in [2.05, 4.69) is 10.3 Å². The zero-order valence-electron chi connectivity index (χ0n) is 11.8. The van der Waals surface area contributed by atoms with E-state index < -0.39 is 16.6 Å². The van der Waals surface area contributed by atoms with E-state index in [0.29, 0.717) is 5.69 Å². The summed E-state index contributed by atoms with van der Waals surface area (Å²) < 4.78 is 0.787.